The smallest absolute Gasteiger partial charge is 0.269 e. The van der Waals surface area contributed by atoms with Gasteiger partial charge in [-0.15, -0.1) is 0 Å². The van der Waals surface area contributed by atoms with Crippen LogP contribution >= 0.6 is 0 Å². The first-order valence-corrected chi connectivity index (χ1v) is 7.01. The number of rotatable bonds is 5. The van der Waals surface area contributed by atoms with Crippen LogP contribution in [0.5, 0.6) is 11.5 Å². The summed E-state index contributed by atoms with van der Waals surface area (Å²) < 4.78 is 11.4. The third kappa shape index (κ3) is 3.55. The molecule has 1 aliphatic rings. The summed E-state index contributed by atoms with van der Waals surface area (Å²) in [4.78, 5) is 16.6. The Morgan fingerprint density at radius 3 is 2.95 bits per heavy atom. The van der Waals surface area contributed by atoms with E-state index in [4.69, 9.17) is 14.3 Å². The Hall–Kier alpha value is -2.01. The van der Waals surface area contributed by atoms with Gasteiger partial charge in [0.05, 0.1) is 13.7 Å². The highest BCUT2D eigenvalue weighted by Crippen LogP contribution is 2.35. The van der Waals surface area contributed by atoms with Gasteiger partial charge in [-0.1, -0.05) is 0 Å². The fourth-order valence-electron chi connectivity index (χ4n) is 2.22. The molecule has 0 N–H and O–H groups in total. The Labute approximate surface area is 125 Å². The predicted octanol–water partition coefficient (Wildman–Crippen LogP) is 2.44. The van der Waals surface area contributed by atoms with Gasteiger partial charge in [0, 0.05) is 30.7 Å². The Bertz CT molecular complexity index is 553. The van der Waals surface area contributed by atoms with Crippen LogP contribution in [0.3, 0.4) is 0 Å². The van der Waals surface area contributed by atoms with Gasteiger partial charge in [0.2, 0.25) is 0 Å². The molecule has 0 bridgehead atoms. The normalized spacial score (nSPS) is 16.7. The van der Waals surface area contributed by atoms with E-state index in [-0.39, 0.29) is 12.0 Å². The van der Waals surface area contributed by atoms with Crippen molar-refractivity contribution in [2.24, 2.45) is 0 Å². The number of amides is 1. The zero-order valence-corrected chi connectivity index (χ0v) is 12.9. The molecule has 2 rings (SSSR count). The van der Waals surface area contributed by atoms with Gasteiger partial charge < -0.3 is 9.47 Å². The van der Waals surface area contributed by atoms with Crippen LogP contribution in [0.1, 0.15) is 25.0 Å². The van der Waals surface area contributed by atoms with E-state index >= 15 is 0 Å². The van der Waals surface area contributed by atoms with E-state index in [1.165, 1.54) is 13.2 Å². The summed E-state index contributed by atoms with van der Waals surface area (Å²) in [6.45, 7) is 4.54. The maximum atomic E-state index is 11.7. The molecule has 21 heavy (non-hydrogen) atoms. The van der Waals surface area contributed by atoms with E-state index in [2.05, 4.69) is 0 Å². The number of carbonyl (C=O) groups is 1. The second-order valence-corrected chi connectivity index (χ2v) is 4.91. The van der Waals surface area contributed by atoms with E-state index in [0.29, 0.717) is 6.61 Å². The van der Waals surface area contributed by atoms with Gasteiger partial charge >= 0.3 is 0 Å². The van der Waals surface area contributed by atoms with Gasteiger partial charge in [-0.25, -0.2) is 5.06 Å². The van der Waals surface area contributed by atoms with Gasteiger partial charge in [-0.3, -0.25) is 9.63 Å². The molecule has 1 heterocycles. The molecule has 0 aromatic heterocycles. The molecule has 5 nitrogen and oxygen atoms in total. The van der Waals surface area contributed by atoms with Crippen LogP contribution in [0.25, 0.3) is 6.08 Å². The average Bonchev–Trinajstić information content (AvgIpc) is 2.82. The molecular formula is C16H21NO4. The fourth-order valence-corrected chi connectivity index (χ4v) is 2.22. The molecule has 0 spiro atoms. The number of ether oxygens (including phenoxy) is 2. The zero-order chi connectivity index (χ0) is 15.4. The molecule has 1 aliphatic heterocycles. The maximum absolute atomic E-state index is 11.7. The standard InChI is InChI=1S/C16H21NO4/c1-5-20-14-10-13-8-11(2)21-15(13)9-12(14)6-7-16(18)17(3)19-4/h6-7,9-11H,5,8H2,1-4H3. The number of carbonyl (C=O) groups excluding carboxylic acids is 1. The number of hydrogen-bond donors (Lipinski definition) is 0. The summed E-state index contributed by atoms with van der Waals surface area (Å²) in [5.74, 6) is 1.38. The Morgan fingerprint density at radius 2 is 2.29 bits per heavy atom. The lowest BCUT2D eigenvalue weighted by Gasteiger charge is -2.12. The second kappa shape index (κ2) is 6.63. The van der Waals surface area contributed by atoms with Crippen LogP contribution in [0.15, 0.2) is 18.2 Å². The van der Waals surface area contributed by atoms with E-state index in [1.54, 1.807) is 13.1 Å². The number of hydroxylamine groups is 2. The summed E-state index contributed by atoms with van der Waals surface area (Å²) in [6.07, 6.45) is 4.22. The molecule has 0 fully saturated rings. The van der Waals surface area contributed by atoms with Crippen LogP contribution in [0.2, 0.25) is 0 Å². The molecule has 0 aliphatic carbocycles. The topological polar surface area (TPSA) is 48.0 Å². The largest absolute Gasteiger partial charge is 0.493 e. The second-order valence-electron chi connectivity index (χ2n) is 4.91. The van der Waals surface area contributed by atoms with Gasteiger partial charge in [0.1, 0.15) is 17.6 Å². The molecule has 0 saturated carbocycles. The number of fused-ring (bicyclic) bond motifs is 1. The first kappa shape index (κ1) is 15.4. The average molecular weight is 291 g/mol. The van der Waals surface area contributed by atoms with Crippen LogP contribution in [0.4, 0.5) is 0 Å². The highest BCUT2D eigenvalue weighted by atomic mass is 16.7. The monoisotopic (exact) mass is 291 g/mol. The lowest BCUT2D eigenvalue weighted by Crippen LogP contribution is -2.22. The Kier molecular flexibility index (Phi) is 4.85. The van der Waals surface area contributed by atoms with Crippen LogP contribution in [-0.4, -0.2) is 37.8 Å². The van der Waals surface area contributed by atoms with Gasteiger partial charge in [0.25, 0.3) is 5.91 Å². The van der Waals surface area contributed by atoms with Crippen molar-refractivity contribution in [1.82, 2.24) is 5.06 Å². The first-order valence-electron chi connectivity index (χ1n) is 7.01. The van der Waals surface area contributed by atoms with E-state index in [9.17, 15) is 4.79 Å². The molecule has 0 saturated heterocycles. The van der Waals surface area contributed by atoms with Crippen LogP contribution in [-0.2, 0) is 16.1 Å². The molecule has 1 aromatic rings. The highest BCUT2D eigenvalue weighted by molar-refractivity contribution is 5.91. The molecule has 1 amide bonds. The minimum absolute atomic E-state index is 0.176. The third-order valence-corrected chi connectivity index (χ3v) is 3.32. The SMILES string of the molecule is CCOc1cc2c(cc1C=CC(=O)N(C)OC)OC(C)C2. The minimum atomic E-state index is -0.241. The summed E-state index contributed by atoms with van der Waals surface area (Å²) >= 11 is 0. The maximum Gasteiger partial charge on any atom is 0.269 e. The van der Waals surface area contributed by atoms with Crippen molar-refractivity contribution < 1.29 is 19.1 Å². The summed E-state index contributed by atoms with van der Waals surface area (Å²) in [6, 6.07) is 3.91. The van der Waals surface area contributed by atoms with Crippen LogP contribution in [0, 0.1) is 0 Å². The molecular weight excluding hydrogens is 270 g/mol. The van der Waals surface area contributed by atoms with Crippen molar-refractivity contribution in [3.8, 4) is 11.5 Å². The third-order valence-electron chi connectivity index (χ3n) is 3.32. The molecule has 1 aromatic carbocycles. The van der Waals surface area contributed by atoms with Crippen LogP contribution < -0.4 is 9.47 Å². The van der Waals surface area contributed by atoms with Gasteiger partial charge in [-0.2, -0.15) is 0 Å². The van der Waals surface area contributed by atoms with Crippen molar-refractivity contribution in [2.75, 3.05) is 20.8 Å². The Morgan fingerprint density at radius 1 is 1.52 bits per heavy atom. The summed E-state index contributed by atoms with van der Waals surface area (Å²) in [5, 5.41) is 1.16. The molecule has 0 radical (unpaired) electrons. The minimum Gasteiger partial charge on any atom is -0.493 e. The van der Waals surface area contributed by atoms with Gasteiger partial charge in [-0.05, 0) is 32.1 Å². The number of nitrogens with zero attached hydrogens (tertiary/aromatic N) is 1. The quantitative estimate of drug-likeness (QED) is 0.617. The number of benzene rings is 1. The highest BCUT2D eigenvalue weighted by Gasteiger charge is 2.21. The number of hydrogen-bond acceptors (Lipinski definition) is 4. The first-order chi connectivity index (χ1) is 10.0. The van der Waals surface area contributed by atoms with Crippen molar-refractivity contribution in [1.29, 1.82) is 0 Å². The van der Waals surface area contributed by atoms with E-state index in [1.807, 2.05) is 26.0 Å². The number of likely N-dealkylation sites (N-methyl/N-ethyl adjacent to an activating group) is 1. The zero-order valence-electron chi connectivity index (χ0n) is 12.9. The Balaban J connectivity index is 2.27. The lowest BCUT2D eigenvalue weighted by molar-refractivity contribution is -0.162. The van der Waals surface area contributed by atoms with Gasteiger partial charge in [0.15, 0.2) is 0 Å². The summed E-state index contributed by atoms with van der Waals surface area (Å²) in [5.41, 5.74) is 1.96. The van der Waals surface area contributed by atoms with Crippen molar-refractivity contribution in [3.63, 3.8) is 0 Å². The molecule has 114 valence electrons. The van der Waals surface area contributed by atoms with E-state index in [0.717, 1.165) is 34.1 Å². The van der Waals surface area contributed by atoms with Crippen molar-refractivity contribution >= 4 is 12.0 Å². The molecule has 1 unspecified atom stereocenters. The van der Waals surface area contributed by atoms with E-state index < -0.39 is 0 Å². The fraction of sp³-hybridized carbons (Fsp3) is 0.438. The summed E-state index contributed by atoms with van der Waals surface area (Å²) in [7, 11) is 3.01. The molecule has 5 heteroatoms. The van der Waals surface area contributed by atoms with Crippen molar-refractivity contribution in [3.05, 3.63) is 29.3 Å². The molecule has 1 atom stereocenters. The van der Waals surface area contributed by atoms with Crippen molar-refractivity contribution in [2.45, 2.75) is 26.4 Å². The lowest BCUT2D eigenvalue weighted by atomic mass is 10.1. The predicted molar refractivity (Wildman–Crippen MR) is 80.2 cm³/mol.